The largest absolute Gasteiger partial charge is 0.494 e. The number of ether oxygens (including phenoxy) is 2. The number of rotatable bonds is 6. The summed E-state index contributed by atoms with van der Waals surface area (Å²) in [6.45, 7) is 8.12. The molecule has 1 atom stereocenters. The highest BCUT2D eigenvalue weighted by molar-refractivity contribution is 5.69. The van der Waals surface area contributed by atoms with Gasteiger partial charge < -0.3 is 20.1 Å². The normalized spacial score (nSPS) is 15.7. The molecule has 1 aliphatic rings. The zero-order chi connectivity index (χ0) is 25.2. The standard InChI is InChI=1S/C24H32N8O3/c1-15-12-21(25-5)28-22(26-15)27-16-9-10-20(34-6)19(13-16)32-14-17(29-30-32)18-8-7-11-31(18)23(33)35-24(2,3)4/h9-10,12-14,18H,7-8,11H2,1-6H3,(H2,25,26,27,28)/t18-/m0/s1. The third-order valence-electron chi connectivity index (χ3n) is 5.53. The van der Waals surface area contributed by atoms with E-state index in [2.05, 4.69) is 30.9 Å². The quantitative estimate of drug-likeness (QED) is 0.534. The molecular formula is C24H32N8O3. The van der Waals surface area contributed by atoms with Crippen molar-refractivity contribution in [1.82, 2.24) is 29.9 Å². The number of amides is 1. The number of likely N-dealkylation sites (tertiary alicyclic amines) is 1. The molecule has 0 unspecified atom stereocenters. The van der Waals surface area contributed by atoms with Gasteiger partial charge in [0.1, 0.15) is 28.5 Å². The van der Waals surface area contributed by atoms with Crippen LogP contribution in [-0.4, -0.2) is 62.3 Å². The maximum atomic E-state index is 12.7. The fourth-order valence-corrected chi connectivity index (χ4v) is 3.99. The molecule has 0 radical (unpaired) electrons. The minimum Gasteiger partial charge on any atom is -0.494 e. The minimum absolute atomic E-state index is 0.188. The molecule has 35 heavy (non-hydrogen) atoms. The predicted molar refractivity (Wildman–Crippen MR) is 132 cm³/mol. The van der Waals surface area contributed by atoms with Crippen LogP contribution in [0.4, 0.5) is 22.2 Å². The van der Waals surface area contributed by atoms with Gasteiger partial charge in [-0.15, -0.1) is 5.10 Å². The van der Waals surface area contributed by atoms with E-state index in [0.717, 1.165) is 30.0 Å². The number of methoxy groups -OCH3 is 1. The summed E-state index contributed by atoms with van der Waals surface area (Å²) in [5.41, 5.74) is 2.45. The first-order chi connectivity index (χ1) is 16.7. The number of hydrogen-bond donors (Lipinski definition) is 2. The van der Waals surface area contributed by atoms with Crippen molar-refractivity contribution in [1.29, 1.82) is 0 Å². The SMILES string of the molecule is CNc1cc(C)nc(Nc2ccc(OC)c(-n3cc([C@@H]4CCCN4C(=O)OC(C)(C)C)nn3)c2)n1. The lowest BCUT2D eigenvalue weighted by Crippen LogP contribution is -2.36. The van der Waals surface area contributed by atoms with Crippen molar-refractivity contribution in [2.24, 2.45) is 0 Å². The van der Waals surface area contributed by atoms with Crippen LogP contribution >= 0.6 is 0 Å². The Bertz CT molecular complexity index is 1200. The summed E-state index contributed by atoms with van der Waals surface area (Å²) < 4.78 is 12.8. The molecule has 1 amide bonds. The van der Waals surface area contributed by atoms with Gasteiger partial charge in [0.05, 0.1) is 19.3 Å². The number of hydrogen-bond acceptors (Lipinski definition) is 9. The Morgan fingerprint density at radius 1 is 1.20 bits per heavy atom. The van der Waals surface area contributed by atoms with Crippen LogP contribution in [0.1, 0.15) is 51.0 Å². The van der Waals surface area contributed by atoms with E-state index in [1.165, 1.54) is 0 Å². The highest BCUT2D eigenvalue weighted by Crippen LogP contribution is 2.33. The first-order valence-electron chi connectivity index (χ1n) is 11.6. The van der Waals surface area contributed by atoms with Crippen molar-refractivity contribution in [2.75, 3.05) is 31.3 Å². The van der Waals surface area contributed by atoms with Gasteiger partial charge in [0.25, 0.3) is 0 Å². The summed E-state index contributed by atoms with van der Waals surface area (Å²) >= 11 is 0. The topological polar surface area (TPSA) is 119 Å². The molecule has 11 heteroatoms. The van der Waals surface area contributed by atoms with E-state index in [-0.39, 0.29) is 12.1 Å². The summed E-state index contributed by atoms with van der Waals surface area (Å²) in [5, 5.41) is 15.0. The van der Waals surface area contributed by atoms with Gasteiger partial charge in [-0.05, 0) is 58.7 Å². The number of benzene rings is 1. The maximum Gasteiger partial charge on any atom is 0.410 e. The van der Waals surface area contributed by atoms with Crippen LogP contribution in [0.25, 0.3) is 5.69 Å². The van der Waals surface area contributed by atoms with E-state index in [0.29, 0.717) is 29.6 Å². The van der Waals surface area contributed by atoms with E-state index >= 15 is 0 Å². The van der Waals surface area contributed by atoms with E-state index in [9.17, 15) is 4.79 Å². The second-order valence-corrected chi connectivity index (χ2v) is 9.40. The molecule has 1 aromatic carbocycles. The number of carbonyl (C=O) groups excluding carboxylic acids is 1. The summed E-state index contributed by atoms with van der Waals surface area (Å²) in [6, 6.07) is 7.29. The molecule has 186 valence electrons. The average Bonchev–Trinajstić information content (AvgIpc) is 3.47. The number of aryl methyl sites for hydroxylation is 1. The van der Waals surface area contributed by atoms with Gasteiger partial charge in [-0.1, -0.05) is 5.21 Å². The van der Waals surface area contributed by atoms with Crippen LogP contribution in [0, 0.1) is 6.92 Å². The Labute approximate surface area is 204 Å². The molecule has 0 bridgehead atoms. The van der Waals surface area contributed by atoms with Crippen LogP contribution in [0.2, 0.25) is 0 Å². The number of aromatic nitrogens is 5. The average molecular weight is 481 g/mol. The smallest absolute Gasteiger partial charge is 0.410 e. The van der Waals surface area contributed by atoms with Crippen molar-refractivity contribution >= 4 is 23.5 Å². The van der Waals surface area contributed by atoms with Gasteiger partial charge in [-0.25, -0.2) is 14.5 Å². The first-order valence-corrected chi connectivity index (χ1v) is 11.6. The maximum absolute atomic E-state index is 12.7. The number of nitrogens with one attached hydrogen (secondary N) is 2. The second kappa shape index (κ2) is 9.77. The van der Waals surface area contributed by atoms with Gasteiger partial charge in [0, 0.05) is 31.0 Å². The molecule has 0 spiro atoms. The van der Waals surface area contributed by atoms with Crippen LogP contribution in [-0.2, 0) is 4.74 Å². The van der Waals surface area contributed by atoms with E-state index in [1.54, 1.807) is 16.7 Å². The zero-order valence-corrected chi connectivity index (χ0v) is 21.0. The van der Waals surface area contributed by atoms with E-state index in [1.807, 2.05) is 65.2 Å². The Morgan fingerprint density at radius 3 is 2.71 bits per heavy atom. The molecule has 0 saturated carbocycles. The van der Waals surface area contributed by atoms with Crippen molar-refractivity contribution in [3.63, 3.8) is 0 Å². The van der Waals surface area contributed by atoms with Crippen molar-refractivity contribution < 1.29 is 14.3 Å². The highest BCUT2D eigenvalue weighted by atomic mass is 16.6. The van der Waals surface area contributed by atoms with Crippen molar-refractivity contribution in [3.8, 4) is 11.4 Å². The number of nitrogens with zero attached hydrogens (tertiary/aromatic N) is 6. The lowest BCUT2D eigenvalue weighted by Gasteiger charge is -2.27. The Kier molecular flexibility index (Phi) is 6.77. The fraction of sp³-hybridized carbons (Fsp3) is 0.458. The van der Waals surface area contributed by atoms with Gasteiger partial charge in [-0.3, -0.25) is 4.90 Å². The predicted octanol–water partition coefficient (Wildman–Crippen LogP) is 4.23. The molecule has 3 heterocycles. The lowest BCUT2D eigenvalue weighted by atomic mass is 10.1. The Hall–Kier alpha value is -3.89. The van der Waals surface area contributed by atoms with E-state index in [4.69, 9.17) is 9.47 Å². The van der Waals surface area contributed by atoms with Crippen molar-refractivity contribution in [2.45, 2.75) is 52.2 Å². The fourth-order valence-electron chi connectivity index (χ4n) is 3.99. The van der Waals surface area contributed by atoms with Crippen LogP contribution in [0.5, 0.6) is 5.75 Å². The third-order valence-corrected chi connectivity index (χ3v) is 5.53. The summed E-state index contributed by atoms with van der Waals surface area (Å²) in [7, 11) is 3.42. The molecular weight excluding hydrogens is 448 g/mol. The summed E-state index contributed by atoms with van der Waals surface area (Å²) in [6.07, 6.45) is 3.18. The summed E-state index contributed by atoms with van der Waals surface area (Å²) in [4.78, 5) is 23.3. The van der Waals surface area contributed by atoms with Gasteiger partial charge >= 0.3 is 6.09 Å². The molecule has 4 rings (SSSR count). The van der Waals surface area contributed by atoms with Crippen molar-refractivity contribution in [3.05, 3.63) is 41.9 Å². The molecule has 11 nitrogen and oxygen atoms in total. The number of anilines is 3. The Morgan fingerprint density at radius 2 is 2.00 bits per heavy atom. The van der Waals surface area contributed by atoms with Gasteiger partial charge in [0.2, 0.25) is 5.95 Å². The first kappa shape index (κ1) is 24.2. The van der Waals surface area contributed by atoms with Gasteiger partial charge in [-0.2, -0.15) is 4.98 Å². The minimum atomic E-state index is -0.558. The molecule has 1 aliphatic heterocycles. The molecule has 2 N–H and O–H groups in total. The molecule has 0 aliphatic carbocycles. The molecule has 1 fully saturated rings. The van der Waals surface area contributed by atoms with Crippen LogP contribution in [0.15, 0.2) is 30.5 Å². The van der Waals surface area contributed by atoms with E-state index < -0.39 is 5.60 Å². The van der Waals surface area contributed by atoms with Gasteiger partial charge in [0.15, 0.2) is 0 Å². The molecule has 1 saturated heterocycles. The molecule has 2 aromatic heterocycles. The summed E-state index contributed by atoms with van der Waals surface area (Å²) in [5.74, 6) is 1.83. The van der Waals surface area contributed by atoms with Crippen LogP contribution < -0.4 is 15.4 Å². The lowest BCUT2D eigenvalue weighted by molar-refractivity contribution is 0.0221. The van der Waals surface area contributed by atoms with Crippen LogP contribution in [0.3, 0.4) is 0 Å². The highest BCUT2D eigenvalue weighted by Gasteiger charge is 2.35. The second-order valence-electron chi connectivity index (χ2n) is 9.40. The zero-order valence-electron chi connectivity index (χ0n) is 21.0. The third kappa shape index (κ3) is 5.61. The molecule has 3 aromatic rings. The monoisotopic (exact) mass is 480 g/mol. The Balaban J connectivity index is 1.59. The number of carbonyl (C=O) groups is 1.